The Balaban J connectivity index is 2.71. The monoisotopic (exact) mass is 280 g/mol. The van der Waals surface area contributed by atoms with Crippen LogP contribution >= 0.6 is 15.9 Å². The molecule has 0 aromatic heterocycles. The molecular weight excluding hydrogens is 264 g/mol. The Morgan fingerprint density at radius 1 is 1.44 bits per heavy atom. The number of nitriles is 1. The normalized spacial score (nSPS) is 12.2. The van der Waals surface area contributed by atoms with Crippen LogP contribution in [0.5, 0.6) is 0 Å². The zero-order valence-electron chi connectivity index (χ0n) is 9.92. The van der Waals surface area contributed by atoms with Gasteiger partial charge >= 0.3 is 0 Å². The zero-order valence-corrected chi connectivity index (χ0v) is 11.5. The Kier molecular flexibility index (Phi) is 4.82. The maximum Gasteiger partial charge on any atom is 0.114 e. The molecule has 0 aliphatic rings. The summed E-state index contributed by atoms with van der Waals surface area (Å²) in [5, 5.41) is 12.3. The molecule has 16 heavy (non-hydrogen) atoms. The van der Waals surface area contributed by atoms with Gasteiger partial charge in [0.25, 0.3) is 0 Å². The van der Waals surface area contributed by atoms with Crippen LogP contribution < -0.4 is 5.32 Å². The van der Waals surface area contributed by atoms with Crippen molar-refractivity contribution in [3.8, 4) is 6.07 Å². The predicted octanol–water partition coefficient (Wildman–Crippen LogP) is 4.11. The van der Waals surface area contributed by atoms with Crippen LogP contribution in [0.15, 0.2) is 22.7 Å². The molecule has 0 amide bonds. The van der Waals surface area contributed by atoms with Crippen LogP contribution in [0.25, 0.3) is 0 Å². The number of halogens is 1. The number of aryl methyl sites for hydroxylation is 1. The lowest BCUT2D eigenvalue weighted by atomic mass is 10.0. The molecule has 0 saturated heterocycles. The summed E-state index contributed by atoms with van der Waals surface area (Å²) < 4.78 is 1.09. The molecule has 0 saturated carbocycles. The number of nitrogens with one attached hydrogen (secondary N) is 1. The van der Waals surface area contributed by atoms with Crippen molar-refractivity contribution in [3.05, 3.63) is 28.2 Å². The second kappa shape index (κ2) is 5.91. The quantitative estimate of drug-likeness (QED) is 0.901. The van der Waals surface area contributed by atoms with Gasteiger partial charge in [-0.15, -0.1) is 0 Å². The van der Waals surface area contributed by atoms with Crippen molar-refractivity contribution in [2.24, 2.45) is 5.92 Å². The largest absolute Gasteiger partial charge is 0.370 e. The number of anilines is 1. The minimum Gasteiger partial charge on any atom is -0.370 e. The average molecular weight is 281 g/mol. The lowest BCUT2D eigenvalue weighted by molar-refractivity contribution is 0.568. The summed E-state index contributed by atoms with van der Waals surface area (Å²) in [6.45, 7) is 6.29. The van der Waals surface area contributed by atoms with Gasteiger partial charge in [0, 0.05) is 10.2 Å². The lowest BCUT2D eigenvalue weighted by Crippen LogP contribution is -2.19. The van der Waals surface area contributed by atoms with Gasteiger partial charge in [-0.1, -0.05) is 29.8 Å². The molecule has 1 aromatic rings. The Bertz CT molecular complexity index is 393. The molecule has 0 aliphatic carbocycles. The van der Waals surface area contributed by atoms with Gasteiger partial charge < -0.3 is 5.32 Å². The molecule has 2 nitrogen and oxygen atoms in total. The van der Waals surface area contributed by atoms with E-state index in [-0.39, 0.29) is 6.04 Å². The SMILES string of the molecule is Cc1cc(NC(C#N)CC(C)C)ccc1Br. The van der Waals surface area contributed by atoms with Crippen molar-refractivity contribution in [3.63, 3.8) is 0 Å². The molecule has 3 heteroatoms. The van der Waals surface area contributed by atoms with E-state index in [9.17, 15) is 0 Å². The first-order valence-electron chi connectivity index (χ1n) is 5.45. The Morgan fingerprint density at radius 3 is 2.62 bits per heavy atom. The van der Waals surface area contributed by atoms with Crippen molar-refractivity contribution in [2.75, 3.05) is 5.32 Å². The smallest absolute Gasteiger partial charge is 0.114 e. The van der Waals surface area contributed by atoms with Crippen LogP contribution in [0.4, 0.5) is 5.69 Å². The molecule has 0 fully saturated rings. The molecule has 0 aliphatic heterocycles. The molecule has 0 bridgehead atoms. The summed E-state index contributed by atoms with van der Waals surface area (Å²) in [5.41, 5.74) is 2.18. The number of rotatable bonds is 4. The number of hydrogen-bond donors (Lipinski definition) is 1. The summed E-state index contributed by atoms with van der Waals surface area (Å²) >= 11 is 3.46. The first-order chi connectivity index (χ1) is 7.52. The fourth-order valence-electron chi connectivity index (χ4n) is 1.55. The third-order valence-electron chi connectivity index (χ3n) is 2.36. The van der Waals surface area contributed by atoms with E-state index in [1.165, 1.54) is 5.56 Å². The fraction of sp³-hybridized carbons (Fsp3) is 0.462. The second-order valence-electron chi connectivity index (χ2n) is 4.42. The van der Waals surface area contributed by atoms with Gasteiger partial charge in [-0.25, -0.2) is 0 Å². The summed E-state index contributed by atoms with van der Waals surface area (Å²) in [6, 6.07) is 8.22. The van der Waals surface area contributed by atoms with Crippen LogP contribution in [-0.4, -0.2) is 6.04 Å². The fourth-order valence-corrected chi connectivity index (χ4v) is 1.80. The van der Waals surface area contributed by atoms with Gasteiger partial charge in [-0.2, -0.15) is 5.26 Å². The number of nitrogens with zero attached hydrogens (tertiary/aromatic N) is 1. The van der Waals surface area contributed by atoms with Gasteiger partial charge in [0.2, 0.25) is 0 Å². The van der Waals surface area contributed by atoms with E-state index in [1.807, 2.05) is 19.1 Å². The van der Waals surface area contributed by atoms with E-state index in [1.54, 1.807) is 0 Å². The average Bonchev–Trinajstić information content (AvgIpc) is 2.22. The second-order valence-corrected chi connectivity index (χ2v) is 5.27. The minimum atomic E-state index is -0.111. The highest BCUT2D eigenvalue weighted by Gasteiger charge is 2.09. The Morgan fingerprint density at radius 2 is 2.12 bits per heavy atom. The molecule has 0 heterocycles. The molecule has 1 unspecified atom stereocenters. The van der Waals surface area contributed by atoms with Crippen LogP contribution in [0, 0.1) is 24.2 Å². The first-order valence-corrected chi connectivity index (χ1v) is 6.24. The van der Waals surface area contributed by atoms with E-state index in [4.69, 9.17) is 5.26 Å². The van der Waals surface area contributed by atoms with Gasteiger partial charge in [-0.05, 0) is 43.0 Å². The molecule has 1 rings (SSSR count). The molecule has 86 valence electrons. The maximum absolute atomic E-state index is 9.04. The van der Waals surface area contributed by atoms with E-state index < -0.39 is 0 Å². The summed E-state index contributed by atoms with van der Waals surface area (Å²) in [6.07, 6.45) is 0.867. The van der Waals surface area contributed by atoms with E-state index in [0.29, 0.717) is 5.92 Å². The minimum absolute atomic E-state index is 0.111. The van der Waals surface area contributed by atoms with Crippen LogP contribution in [0.3, 0.4) is 0 Å². The van der Waals surface area contributed by atoms with Crippen molar-refractivity contribution in [2.45, 2.75) is 33.2 Å². The third-order valence-corrected chi connectivity index (χ3v) is 3.25. The molecule has 1 atom stereocenters. The predicted molar refractivity (Wildman–Crippen MR) is 71.4 cm³/mol. The van der Waals surface area contributed by atoms with Crippen LogP contribution in [0.2, 0.25) is 0 Å². The molecular formula is C13H17BrN2. The molecule has 1 aromatic carbocycles. The Labute approximate surface area is 106 Å². The number of hydrogen-bond acceptors (Lipinski definition) is 2. The molecule has 0 radical (unpaired) electrons. The van der Waals surface area contributed by atoms with Gasteiger partial charge in [-0.3, -0.25) is 0 Å². The highest BCUT2D eigenvalue weighted by molar-refractivity contribution is 9.10. The Hall–Kier alpha value is -1.01. The lowest BCUT2D eigenvalue weighted by Gasteiger charge is -2.15. The van der Waals surface area contributed by atoms with Gasteiger partial charge in [0.05, 0.1) is 6.07 Å². The summed E-state index contributed by atoms with van der Waals surface area (Å²) in [4.78, 5) is 0. The molecule has 1 N–H and O–H groups in total. The maximum atomic E-state index is 9.04. The number of benzene rings is 1. The van der Waals surface area contributed by atoms with Crippen molar-refractivity contribution >= 4 is 21.6 Å². The van der Waals surface area contributed by atoms with Crippen molar-refractivity contribution in [1.29, 1.82) is 5.26 Å². The van der Waals surface area contributed by atoms with E-state index >= 15 is 0 Å². The van der Waals surface area contributed by atoms with Crippen LogP contribution in [0.1, 0.15) is 25.8 Å². The highest BCUT2D eigenvalue weighted by atomic mass is 79.9. The molecule has 0 spiro atoms. The van der Waals surface area contributed by atoms with Crippen molar-refractivity contribution in [1.82, 2.24) is 0 Å². The third kappa shape index (κ3) is 3.86. The summed E-state index contributed by atoms with van der Waals surface area (Å²) in [5.74, 6) is 0.522. The van der Waals surface area contributed by atoms with E-state index in [2.05, 4.69) is 47.2 Å². The standard InChI is InChI=1S/C13H17BrN2/c1-9(2)6-12(8-15)16-11-4-5-13(14)10(3)7-11/h4-5,7,9,12,16H,6H2,1-3H3. The first kappa shape index (κ1) is 13.1. The van der Waals surface area contributed by atoms with Gasteiger partial charge in [0.15, 0.2) is 0 Å². The summed E-state index contributed by atoms with van der Waals surface area (Å²) in [7, 11) is 0. The van der Waals surface area contributed by atoms with Gasteiger partial charge in [0.1, 0.15) is 6.04 Å². The van der Waals surface area contributed by atoms with Crippen LogP contribution in [-0.2, 0) is 0 Å². The van der Waals surface area contributed by atoms with E-state index in [0.717, 1.165) is 16.6 Å². The highest BCUT2D eigenvalue weighted by Crippen LogP contribution is 2.21. The zero-order chi connectivity index (χ0) is 12.1. The topological polar surface area (TPSA) is 35.8 Å². The van der Waals surface area contributed by atoms with Crippen molar-refractivity contribution < 1.29 is 0 Å².